The molecule has 0 radical (unpaired) electrons. The summed E-state index contributed by atoms with van der Waals surface area (Å²) in [6.45, 7) is 9.43. The van der Waals surface area contributed by atoms with Crippen molar-refractivity contribution in [2.45, 2.75) is 40.8 Å². The van der Waals surface area contributed by atoms with E-state index in [1.807, 2.05) is 88.4 Å². The van der Waals surface area contributed by atoms with Crippen molar-refractivity contribution in [2.75, 3.05) is 25.0 Å². The predicted molar refractivity (Wildman–Crippen MR) is 137 cm³/mol. The molecule has 0 aliphatic carbocycles. The SMILES string of the molecule is CCOc1ccccc1NC(=O)N(CC(=O)N(Cc1ccccc1)Cc1ccc(C)o1)CC(C)C. The van der Waals surface area contributed by atoms with E-state index in [9.17, 15) is 9.59 Å². The number of nitrogens with one attached hydrogen (secondary N) is 1. The molecule has 0 saturated heterocycles. The lowest BCUT2D eigenvalue weighted by Crippen LogP contribution is -2.45. The van der Waals surface area contributed by atoms with Gasteiger partial charge in [0.25, 0.3) is 0 Å². The van der Waals surface area contributed by atoms with E-state index in [1.165, 1.54) is 0 Å². The Hall–Kier alpha value is -3.74. The third-order valence-corrected chi connectivity index (χ3v) is 5.34. The number of amides is 3. The highest BCUT2D eigenvalue weighted by molar-refractivity contribution is 5.93. The van der Waals surface area contributed by atoms with Gasteiger partial charge in [0.05, 0.1) is 18.8 Å². The van der Waals surface area contributed by atoms with Gasteiger partial charge in [0.2, 0.25) is 5.91 Å². The highest BCUT2D eigenvalue weighted by atomic mass is 16.5. The van der Waals surface area contributed by atoms with Crippen LogP contribution in [0, 0.1) is 12.8 Å². The molecular weight excluding hydrogens is 442 g/mol. The van der Waals surface area contributed by atoms with Crippen LogP contribution in [0.25, 0.3) is 0 Å². The number of rotatable bonds is 11. The zero-order chi connectivity index (χ0) is 25.2. The number of anilines is 1. The maximum absolute atomic E-state index is 13.5. The summed E-state index contributed by atoms with van der Waals surface area (Å²) in [6.07, 6.45) is 0. The van der Waals surface area contributed by atoms with Gasteiger partial charge in [-0.05, 0) is 49.6 Å². The molecule has 0 fully saturated rings. The summed E-state index contributed by atoms with van der Waals surface area (Å²) < 4.78 is 11.4. The largest absolute Gasteiger partial charge is 0.492 e. The van der Waals surface area contributed by atoms with Crippen molar-refractivity contribution in [1.29, 1.82) is 0 Å². The zero-order valence-electron chi connectivity index (χ0n) is 21.0. The summed E-state index contributed by atoms with van der Waals surface area (Å²) in [5, 5.41) is 2.92. The van der Waals surface area contributed by atoms with Crippen LogP contribution in [0.1, 0.15) is 37.9 Å². The van der Waals surface area contributed by atoms with Crippen LogP contribution < -0.4 is 10.1 Å². The molecule has 1 heterocycles. The van der Waals surface area contributed by atoms with E-state index in [2.05, 4.69) is 5.32 Å². The van der Waals surface area contributed by atoms with Gasteiger partial charge in [-0.15, -0.1) is 0 Å². The number of aryl methyl sites for hydroxylation is 1. The molecule has 3 aromatic rings. The standard InChI is InChI=1S/C28H35N3O4/c1-5-34-26-14-10-9-13-25(26)29-28(33)31(17-21(2)3)20-27(32)30(18-23-11-7-6-8-12-23)19-24-16-15-22(4)35-24/h6-16,21H,5,17-20H2,1-4H3,(H,29,33). The lowest BCUT2D eigenvalue weighted by molar-refractivity contribution is -0.133. The molecule has 186 valence electrons. The Balaban J connectivity index is 1.78. The van der Waals surface area contributed by atoms with Crippen LogP contribution >= 0.6 is 0 Å². The van der Waals surface area contributed by atoms with Crippen molar-refractivity contribution in [2.24, 2.45) is 5.92 Å². The molecule has 0 saturated carbocycles. The number of hydrogen-bond donors (Lipinski definition) is 1. The molecule has 1 N–H and O–H groups in total. The Morgan fingerprint density at radius 2 is 1.66 bits per heavy atom. The third kappa shape index (κ3) is 7.91. The van der Waals surface area contributed by atoms with Gasteiger partial charge in [-0.1, -0.05) is 56.3 Å². The van der Waals surface area contributed by atoms with E-state index < -0.39 is 0 Å². The van der Waals surface area contributed by atoms with Crippen LogP contribution in [0.5, 0.6) is 5.75 Å². The Labute approximate surface area is 207 Å². The molecule has 3 amide bonds. The minimum Gasteiger partial charge on any atom is -0.492 e. The summed E-state index contributed by atoms with van der Waals surface area (Å²) in [5.74, 6) is 2.12. The van der Waals surface area contributed by atoms with Gasteiger partial charge in [0.1, 0.15) is 23.8 Å². The molecule has 0 bridgehead atoms. The fourth-order valence-corrected chi connectivity index (χ4v) is 3.76. The second-order valence-corrected chi connectivity index (χ2v) is 8.88. The number of carbonyl (C=O) groups is 2. The quantitative estimate of drug-likeness (QED) is 0.384. The van der Waals surface area contributed by atoms with Gasteiger partial charge < -0.3 is 24.3 Å². The summed E-state index contributed by atoms with van der Waals surface area (Å²) in [4.78, 5) is 30.0. The first-order valence-corrected chi connectivity index (χ1v) is 12.0. The second kappa shape index (κ2) is 12.6. The summed E-state index contributed by atoms with van der Waals surface area (Å²) >= 11 is 0. The average molecular weight is 478 g/mol. The number of ether oxygens (including phenoxy) is 1. The van der Waals surface area contributed by atoms with E-state index in [4.69, 9.17) is 9.15 Å². The predicted octanol–water partition coefficient (Wildman–Crippen LogP) is 5.71. The summed E-state index contributed by atoms with van der Waals surface area (Å²) in [7, 11) is 0. The van der Waals surface area contributed by atoms with Crippen LogP contribution in [0.2, 0.25) is 0 Å². The van der Waals surface area contributed by atoms with Gasteiger partial charge in [0.15, 0.2) is 0 Å². The first kappa shape index (κ1) is 25.9. The first-order chi connectivity index (χ1) is 16.9. The van der Waals surface area contributed by atoms with Gasteiger partial charge in [0, 0.05) is 13.1 Å². The van der Waals surface area contributed by atoms with E-state index in [0.717, 1.165) is 11.3 Å². The molecule has 2 aromatic carbocycles. The molecule has 1 aromatic heterocycles. The van der Waals surface area contributed by atoms with Crippen LogP contribution in [0.15, 0.2) is 71.1 Å². The Bertz CT molecular complexity index is 1090. The molecule has 0 atom stereocenters. The van der Waals surface area contributed by atoms with Gasteiger partial charge in [-0.2, -0.15) is 0 Å². The van der Waals surface area contributed by atoms with Crippen molar-refractivity contribution >= 4 is 17.6 Å². The Kier molecular flexibility index (Phi) is 9.35. The van der Waals surface area contributed by atoms with Gasteiger partial charge in [-0.3, -0.25) is 4.79 Å². The molecular formula is C28H35N3O4. The fourth-order valence-electron chi connectivity index (χ4n) is 3.76. The van der Waals surface area contributed by atoms with Crippen LogP contribution in [0.3, 0.4) is 0 Å². The average Bonchev–Trinajstić information content (AvgIpc) is 3.24. The molecule has 7 heteroatoms. The number of hydrogen-bond acceptors (Lipinski definition) is 4. The van der Waals surface area contributed by atoms with Crippen molar-refractivity contribution in [1.82, 2.24) is 9.80 Å². The van der Waals surface area contributed by atoms with Crippen LogP contribution in [-0.4, -0.2) is 41.4 Å². The molecule has 0 unspecified atom stereocenters. The lowest BCUT2D eigenvalue weighted by Gasteiger charge is -2.29. The minimum absolute atomic E-state index is 0.0483. The highest BCUT2D eigenvalue weighted by Crippen LogP contribution is 2.24. The van der Waals surface area contributed by atoms with E-state index in [0.29, 0.717) is 43.4 Å². The molecule has 35 heavy (non-hydrogen) atoms. The molecule has 7 nitrogen and oxygen atoms in total. The number of para-hydroxylation sites is 2. The summed E-state index contributed by atoms with van der Waals surface area (Å²) in [5.41, 5.74) is 1.59. The van der Waals surface area contributed by atoms with Crippen molar-refractivity contribution in [3.63, 3.8) is 0 Å². The number of carbonyl (C=O) groups excluding carboxylic acids is 2. The Morgan fingerprint density at radius 3 is 2.31 bits per heavy atom. The fraction of sp³-hybridized carbons (Fsp3) is 0.357. The molecule has 0 aliphatic heterocycles. The van der Waals surface area contributed by atoms with Crippen molar-refractivity contribution in [3.8, 4) is 5.75 Å². The van der Waals surface area contributed by atoms with Crippen LogP contribution in [-0.2, 0) is 17.9 Å². The van der Waals surface area contributed by atoms with E-state index in [-0.39, 0.29) is 24.4 Å². The first-order valence-electron chi connectivity index (χ1n) is 12.0. The zero-order valence-corrected chi connectivity index (χ0v) is 21.0. The van der Waals surface area contributed by atoms with Gasteiger partial charge >= 0.3 is 6.03 Å². The number of furan rings is 1. The van der Waals surface area contributed by atoms with Crippen molar-refractivity contribution < 1.29 is 18.7 Å². The topological polar surface area (TPSA) is 75.0 Å². The third-order valence-electron chi connectivity index (χ3n) is 5.34. The number of urea groups is 1. The molecule has 3 rings (SSSR count). The van der Waals surface area contributed by atoms with E-state index >= 15 is 0 Å². The number of nitrogens with zero attached hydrogens (tertiary/aromatic N) is 2. The van der Waals surface area contributed by atoms with Crippen molar-refractivity contribution in [3.05, 3.63) is 83.8 Å². The highest BCUT2D eigenvalue weighted by Gasteiger charge is 2.24. The maximum Gasteiger partial charge on any atom is 0.322 e. The smallest absolute Gasteiger partial charge is 0.322 e. The minimum atomic E-state index is -0.340. The second-order valence-electron chi connectivity index (χ2n) is 8.88. The maximum atomic E-state index is 13.5. The van der Waals surface area contributed by atoms with Gasteiger partial charge in [-0.25, -0.2) is 4.79 Å². The summed E-state index contributed by atoms with van der Waals surface area (Å²) in [6, 6.07) is 20.5. The molecule has 0 spiro atoms. The van der Waals surface area contributed by atoms with E-state index in [1.54, 1.807) is 15.9 Å². The number of benzene rings is 2. The normalized spacial score (nSPS) is 10.8. The Morgan fingerprint density at radius 1 is 0.943 bits per heavy atom. The molecule has 0 aliphatic rings. The lowest BCUT2D eigenvalue weighted by atomic mass is 10.2. The van der Waals surface area contributed by atoms with Crippen LogP contribution in [0.4, 0.5) is 10.5 Å². The monoisotopic (exact) mass is 477 g/mol.